The Hall–Kier alpha value is -1.96. The summed E-state index contributed by atoms with van der Waals surface area (Å²) in [5.41, 5.74) is 6.96. The fraction of sp³-hybridized carbons (Fsp3) is 0.250. The molecule has 0 aliphatic rings. The molecule has 0 fully saturated rings. The van der Waals surface area contributed by atoms with E-state index < -0.39 is 0 Å². The Balaban J connectivity index is 2.69. The lowest BCUT2D eigenvalue weighted by molar-refractivity contribution is 1.10. The first-order valence-electron chi connectivity index (χ1n) is 6.22. The minimum Gasteiger partial charge on any atom is -0.150 e. The van der Waals surface area contributed by atoms with Gasteiger partial charge in [0.25, 0.3) is 0 Å². The summed E-state index contributed by atoms with van der Waals surface area (Å²) in [6.07, 6.45) is 0. The maximum Gasteiger partial charge on any atom is 0.0968 e. The molecule has 0 spiro atoms. The Morgan fingerprint density at radius 2 is 0.889 bits per heavy atom. The van der Waals surface area contributed by atoms with Gasteiger partial charge in [0.2, 0.25) is 0 Å². The van der Waals surface area contributed by atoms with Crippen LogP contribution in [0, 0.1) is 27.7 Å². The fourth-order valence-corrected chi connectivity index (χ4v) is 2.58. The van der Waals surface area contributed by atoms with Crippen LogP contribution in [0.4, 0.5) is 0 Å². The largest absolute Gasteiger partial charge is 0.150 e. The molecule has 2 nitrogen and oxygen atoms in total. The van der Waals surface area contributed by atoms with Crippen molar-refractivity contribution in [3.63, 3.8) is 0 Å². The molecule has 3 rings (SSSR count). The molecule has 0 atom stereocenters. The Labute approximate surface area is 107 Å². The first kappa shape index (κ1) is 11.1. The van der Waals surface area contributed by atoms with Gasteiger partial charge in [-0.15, -0.1) is 10.2 Å². The van der Waals surface area contributed by atoms with E-state index in [4.69, 9.17) is 0 Å². The summed E-state index contributed by atoms with van der Waals surface area (Å²) in [7, 11) is 0. The highest BCUT2D eigenvalue weighted by Crippen LogP contribution is 2.30. The third-order valence-corrected chi connectivity index (χ3v) is 3.68. The van der Waals surface area contributed by atoms with E-state index in [0.29, 0.717) is 0 Å². The maximum absolute atomic E-state index is 4.42. The molecular weight excluding hydrogens is 220 g/mol. The molecule has 2 aromatic carbocycles. The van der Waals surface area contributed by atoms with Crippen LogP contribution in [0.25, 0.3) is 21.8 Å². The number of nitrogens with zero attached hydrogens (tertiary/aromatic N) is 2. The van der Waals surface area contributed by atoms with Crippen LogP contribution >= 0.6 is 0 Å². The third-order valence-electron chi connectivity index (χ3n) is 3.68. The highest BCUT2D eigenvalue weighted by atomic mass is 15.1. The van der Waals surface area contributed by atoms with Crippen molar-refractivity contribution in [1.82, 2.24) is 10.2 Å². The summed E-state index contributed by atoms with van der Waals surface area (Å²) in [6.45, 7) is 8.47. The molecule has 0 saturated heterocycles. The lowest BCUT2D eigenvalue weighted by Gasteiger charge is -2.11. The van der Waals surface area contributed by atoms with Crippen molar-refractivity contribution >= 4 is 21.8 Å². The highest BCUT2D eigenvalue weighted by molar-refractivity contribution is 6.08. The minimum absolute atomic E-state index is 1.02. The van der Waals surface area contributed by atoms with Gasteiger partial charge in [-0.1, -0.05) is 24.3 Å². The minimum atomic E-state index is 1.02. The van der Waals surface area contributed by atoms with E-state index in [1.807, 2.05) is 0 Å². The normalized spacial score (nSPS) is 11.3. The molecule has 0 aliphatic carbocycles. The van der Waals surface area contributed by atoms with Crippen LogP contribution in [0.3, 0.4) is 0 Å². The lowest BCUT2D eigenvalue weighted by atomic mass is 9.97. The van der Waals surface area contributed by atoms with E-state index in [1.54, 1.807) is 0 Å². The molecule has 0 N–H and O–H groups in total. The summed E-state index contributed by atoms with van der Waals surface area (Å²) in [6, 6.07) is 8.56. The molecule has 0 radical (unpaired) electrons. The van der Waals surface area contributed by atoms with Gasteiger partial charge in [-0.05, 0) is 49.9 Å². The molecular formula is C16H16N2. The summed E-state index contributed by atoms with van der Waals surface area (Å²) >= 11 is 0. The molecule has 0 bridgehead atoms. The van der Waals surface area contributed by atoms with E-state index in [9.17, 15) is 0 Å². The second kappa shape index (κ2) is 3.77. The number of aromatic nitrogens is 2. The number of aryl methyl sites for hydroxylation is 4. The van der Waals surface area contributed by atoms with E-state index in [0.717, 1.165) is 11.0 Å². The van der Waals surface area contributed by atoms with E-state index in [-0.39, 0.29) is 0 Å². The predicted molar refractivity (Wildman–Crippen MR) is 76.0 cm³/mol. The van der Waals surface area contributed by atoms with Gasteiger partial charge in [-0.3, -0.25) is 0 Å². The summed E-state index contributed by atoms with van der Waals surface area (Å²) in [5, 5.41) is 11.3. The molecule has 90 valence electrons. The van der Waals surface area contributed by atoms with Gasteiger partial charge in [0.15, 0.2) is 0 Å². The fourth-order valence-electron chi connectivity index (χ4n) is 2.58. The van der Waals surface area contributed by atoms with Crippen molar-refractivity contribution in [3.05, 3.63) is 46.5 Å². The molecule has 1 aromatic heterocycles. The molecule has 18 heavy (non-hydrogen) atoms. The summed E-state index contributed by atoms with van der Waals surface area (Å²) < 4.78 is 0. The zero-order valence-corrected chi connectivity index (χ0v) is 11.2. The Kier molecular flexibility index (Phi) is 2.34. The number of hydrogen-bond acceptors (Lipinski definition) is 2. The second-order valence-corrected chi connectivity index (χ2v) is 5.05. The average molecular weight is 236 g/mol. The van der Waals surface area contributed by atoms with Crippen molar-refractivity contribution < 1.29 is 0 Å². The van der Waals surface area contributed by atoms with Crippen LogP contribution in [0.1, 0.15) is 22.3 Å². The van der Waals surface area contributed by atoms with Gasteiger partial charge in [0.05, 0.1) is 11.0 Å². The molecule has 0 saturated carbocycles. The van der Waals surface area contributed by atoms with Crippen molar-refractivity contribution in [2.24, 2.45) is 0 Å². The first-order valence-corrected chi connectivity index (χ1v) is 6.22. The number of benzene rings is 2. The van der Waals surface area contributed by atoms with Crippen molar-refractivity contribution in [1.29, 1.82) is 0 Å². The Bertz CT molecular complexity index is 706. The lowest BCUT2D eigenvalue weighted by Crippen LogP contribution is -1.95. The molecule has 2 heteroatoms. The van der Waals surface area contributed by atoms with Crippen LogP contribution < -0.4 is 0 Å². The second-order valence-electron chi connectivity index (χ2n) is 5.05. The first-order chi connectivity index (χ1) is 8.59. The van der Waals surface area contributed by atoms with Crippen LogP contribution in [0.15, 0.2) is 24.3 Å². The van der Waals surface area contributed by atoms with Gasteiger partial charge in [-0.2, -0.15) is 0 Å². The highest BCUT2D eigenvalue weighted by Gasteiger charge is 2.11. The van der Waals surface area contributed by atoms with Crippen LogP contribution in [-0.2, 0) is 0 Å². The number of hydrogen-bond donors (Lipinski definition) is 0. The van der Waals surface area contributed by atoms with Crippen molar-refractivity contribution in [2.45, 2.75) is 27.7 Å². The summed E-state index contributed by atoms with van der Waals surface area (Å²) in [4.78, 5) is 0. The van der Waals surface area contributed by atoms with E-state index in [2.05, 4.69) is 62.2 Å². The third kappa shape index (κ3) is 1.42. The van der Waals surface area contributed by atoms with Crippen molar-refractivity contribution in [3.8, 4) is 0 Å². The quantitative estimate of drug-likeness (QED) is 0.551. The van der Waals surface area contributed by atoms with E-state index >= 15 is 0 Å². The zero-order chi connectivity index (χ0) is 12.9. The number of fused-ring (bicyclic) bond motifs is 3. The summed E-state index contributed by atoms with van der Waals surface area (Å²) in [5.74, 6) is 0. The van der Waals surface area contributed by atoms with Gasteiger partial charge in [-0.25, -0.2) is 0 Å². The maximum atomic E-state index is 4.42. The van der Waals surface area contributed by atoms with Crippen LogP contribution in [0.5, 0.6) is 0 Å². The molecule has 1 heterocycles. The van der Waals surface area contributed by atoms with Gasteiger partial charge in [0.1, 0.15) is 0 Å². The average Bonchev–Trinajstić information content (AvgIpc) is 2.37. The standard InChI is InChI=1S/C16H16N2/c1-9-5-7-11(3)15-13(9)14-10(2)6-8-12(4)16(14)18-17-15/h5-8H,1-4H3. The SMILES string of the molecule is Cc1ccc(C)c2c1nnc1c(C)ccc(C)c12. The van der Waals surface area contributed by atoms with Crippen molar-refractivity contribution in [2.75, 3.05) is 0 Å². The van der Waals surface area contributed by atoms with E-state index in [1.165, 1.54) is 33.0 Å². The predicted octanol–water partition coefficient (Wildman–Crippen LogP) is 4.02. The van der Waals surface area contributed by atoms with Gasteiger partial charge >= 0.3 is 0 Å². The van der Waals surface area contributed by atoms with Crippen LogP contribution in [-0.4, -0.2) is 10.2 Å². The Morgan fingerprint density at radius 3 is 1.28 bits per heavy atom. The zero-order valence-electron chi connectivity index (χ0n) is 11.2. The molecule has 3 aromatic rings. The molecule has 0 amide bonds. The Morgan fingerprint density at radius 1 is 0.556 bits per heavy atom. The number of rotatable bonds is 0. The van der Waals surface area contributed by atoms with Gasteiger partial charge in [0, 0.05) is 10.8 Å². The molecule has 0 unspecified atom stereocenters. The smallest absolute Gasteiger partial charge is 0.0968 e. The van der Waals surface area contributed by atoms with Gasteiger partial charge < -0.3 is 0 Å². The topological polar surface area (TPSA) is 25.8 Å². The van der Waals surface area contributed by atoms with Crippen LogP contribution in [0.2, 0.25) is 0 Å². The molecule has 0 aliphatic heterocycles. The monoisotopic (exact) mass is 236 g/mol.